The lowest BCUT2D eigenvalue weighted by Gasteiger charge is -2.16. The molecule has 104 valence electrons. The Morgan fingerprint density at radius 1 is 1.25 bits per heavy atom. The number of hydrogen-bond donors (Lipinski definition) is 3. The summed E-state index contributed by atoms with van der Waals surface area (Å²) < 4.78 is 0. The second-order valence-corrected chi connectivity index (χ2v) is 5.09. The molecule has 5 nitrogen and oxygen atoms in total. The van der Waals surface area contributed by atoms with E-state index in [4.69, 9.17) is 11.6 Å². The minimum Gasteiger partial charge on any atom is -0.479 e. The van der Waals surface area contributed by atoms with Crippen molar-refractivity contribution in [1.29, 1.82) is 0 Å². The van der Waals surface area contributed by atoms with Crippen LogP contribution in [0.25, 0.3) is 0 Å². The number of carboxylic acid groups (broad SMARTS) is 1. The van der Waals surface area contributed by atoms with Crippen LogP contribution in [-0.4, -0.2) is 17.1 Å². The lowest BCUT2D eigenvalue weighted by molar-refractivity contribution is -0.139. The highest BCUT2D eigenvalue weighted by molar-refractivity contribution is 7.08. The molecule has 0 aliphatic rings. The van der Waals surface area contributed by atoms with Gasteiger partial charge in [0.15, 0.2) is 6.04 Å². The van der Waals surface area contributed by atoms with Crippen LogP contribution in [0.3, 0.4) is 0 Å². The summed E-state index contributed by atoms with van der Waals surface area (Å²) in [5.74, 6) is -1.18. The van der Waals surface area contributed by atoms with Crippen molar-refractivity contribution in [2.24, 2.45) is 0 Å². The molecule has 0 aliphatic carbocycles. The summed E-state index contributed by atoms with van der Waals surface area (Å²) in [5.41, 5.74) is 0.943. The molecule has 0 radical (unpaired) electrons. The Morgan fingerprint density at radius 3 is 2.60 bits per heavy atom. The third kappa shape index (κ3) is 3.49. The zero-order valence-corrected chi connectivity index (χ0v) is 11.7. The van der Waals surface area contributed by atoms with Gasteiger partial charge in [-0.2, -0.15) is 11.3 Å². The predicted octanol–water partition coefficient (Wildman–Crippen LogP) is 3.35. The second-order valence-electron chi connectivity index (χ2n) is 3.90. The van der Waals surface area contributed by atoms with E-state index >= 15 is 0 Å². The predicted molar refractivity (Wildman–Crippen MR) is 78.3 cm³/mol. The van der Waals surface area contributed by atoms with E-state index in [0.717, 1.165) is 0 Å². The Morgan fingerprint density at radius 2 is 2.00 bits per heavy atom. The second kappa shape index (κ2) is 6.40. The van der Waals surface area contributed by atoms with E-state index in [0.29, 0.717) is 11.3 Å². The van der Waals surface area contributed by atoms with Crippen LogP contribution >= 0.6 is 22.9 Å². The molecule has 2 aromatic rings. The quantitative estimate of drug-likeness (QED) is 0.810. The molecule has 0 fully saturated rings. The fraction of sp³-hybridized carbons (Fsp3) is 0.0769. The largest absolute Gasteiger partial charge is 0.479 e. The van der Waals surface area contributed by atoms with Gasteiger partial charge < -0.3 is 15.7 Å². The zero-order chi connectivity index (χ0) is 14.5. The molecule has 1 aromatic carbocycles. The number of urea groups is 1. The lowest BCUT2D eigenvalue weighted by atomic mass is 10.1. The van der Waals surface area contributed by atoms with Gasteiger partial charge in [-0.15, -0.1) is 0 Å². The molecule has 0 aliphatic heterocycles. The molecule has 0 spiro atoms. The summed E-state index contributed by atoms with van der Waals surface area (Å²) in [6.45, 7) is 0. The van der Waals surface area contributed by atoms with Gasteiger partial charge in [0, 0.05) is 16.0 Å². The minimum atomic E-state index is -1.21. The Balaban J connectivity index is 2.12. The Hall–Kier alpha value is -2.05. The number of halogens is 1. The summed E-state index contributed by atoms with van der Waals surface area (Å²) in [6.07, 6.45) is 0. The fourth-order valence-corrected chi connectivity index (χ4v) is 2.45. The van der Waals surface area contributed by atoms with Crippen molar-refractivity contribution in [2.75, 3.05) is 5.32 Å². The van der Waals surface area contributed by atoms with Crippen molar-refractivity contribution >= 4 is 40.6 Å². The Bertz CT molecular complexity index is 616. The van der Waals surface area contributed by atoms with Crippen LogP contribution in [0.1, 0.15) is 11.6 Å². The van der Waals surface area contributed by atoms with Gasteiger partial charge in [-0.25, -0.2) is 9.59 Å². The third-order valence-corrected chi connectivity index (χ3v) is 3.55. The standard InChI is InChI=1S/C13H11ClN2O3S/c14-10-4-2-1-3-9(10)11(12(17)18)16-13(19)15-8-5-6-20-7-8/h1-7,11H,(H,17,18)(H2,15,16,19)/t11-/m1/s1. The monoisotopic (exact) mass is 310 g/mol. The van der Waals surface area contributed by atoms with E-state index in [9.17, 15) is 14.7 Å². The average molecular weight is 311 g/mol. The number of anilines is 1. The van der Waals surface area contributed by atoms with E-state index in [1.165, 1.54) is 11.3 Å². The highest BCUT2D eigenvalue weighted by Crippen LogP contribution is 2.23. The molecule has 2 amide bonds. The van der Waals surface area contributed by atoms with Crippen molar-refractivity contribution in [2.45, 2.75) is 6.04 Å². The van der Waals surface area contributed by atoms with Crippen LogP contribution in [-0.2, 0) is 4.79 Å². The summed E-state index contributed by atoms with van der Waals surface area (Å²) in [6, 6.07) is 6.40. The number of benzene rings is 1. The van der Waals surface area contributed by atoms with Crippen LogP contribution in [0.5, 0.6) is 0 Å². The number of hydrogen-bond acceptors (Lipinski definition) is 3. The van der Waals surface area contributed by atoms with Gasteiger partial charge in [0.25, 0.3) is 0 Å². The maximum Gasteiger partial charge on any atom is 0.331 e. The van der Waals surface area contributed by atoms with Gasteiger partial charge in [-0.3, -0.25) is 0 Å². The van der Waals surface area contributed by atoms with E-state index < -0.39 is 18.0 Å². The third-order valence-electron chi connectivity index (χ3n) is 2.52. The van der Waals surface area contributed by atoms with Gasteiger partial charge in [0.05, 0.1) is 5.69 Å². The minimum absolute atomic E-state index is 0.288. The van der Waals surface area contributed by atoms with Crippen LogP contribution in [0, 0.1) is 0 Å². The Labute approximate surface area is 124 Å². The average Bonchev–Trinajstić information content (AvgIpc) is 2.89. The van der Waals surface area contributed by atoms with Crippen LogP contribution in [0.4, 0.5) is 10.5 Å². The molecule has 2 rings (SSSR count). The van der Waals surface area contributed by atoms with E-state index in [-0.39, 0.29) is 5.02 Å². The first-order valence-electron chi connectivity index (χ1n) is 5.65. The number of carbonyl (C=O) groups excluding carboxylic acids is 1. The molecule has 1 aromatic heterocycles. The number of amides is 2. The summed E-state index contributed by atoms with van der Waals surface area (Å²) in [5, 5.41) is 18.0. The van der Waals surface area contributed by atoms with Crippen LogP contribution < -0.4 is 10.6 Å². The van der Waals surface area contributed by atoms with Gasteiger partial charge >= 0.3 is 12.0 Å². The number of nitrogens with one attached hydrogen (secondary N) is 2. The van der Waals surface area contributed by atoms with Crippen molar-refractivity contribution in [3.05, 3.63) is 51.7 Å². The lowest BCUT2D eigenvalue weighted by Crippen LogP contribution is -2.36. The van der Waals surface area contributed by atoms with Crippen molar-refractivity contribution < 1.29 is 14.7 Å². The molecule has 1 heterocycles. The summed E-state index contributed by atoms with van der Waals surface area (Å²) in [4.78, 5) is 23.1. The number of aliphatic carboxylic acids is 1. The molecule has 0 saturated carbocycles. The van der Waals surface area contributed by atoms with E-state index in [2.05, 4.69) is 10.6 Å². The highest BCUT2D eigenvalue weighted by atomic mass is 35.5. The molecular formula is C13H11ClN2O3S. The molecule has 0 bridgehead atoms. The first-order valence-corrected chi connectivity index (χ1v) is 6.97. The number of carbonyl (C=O) groups is 2. The first-order chi connectivity index (χ1) is 9.58. The van der Waals surface area contributed by atoms with Gasteiger partial charge in [0.2, 0.25) is 0 Å². The van der Waals surface area contributed by atoms with Gasteiger partial charge in [-0.1, -0.05) is 29.8 Å². The summed E-state index contributed by atoms with van der Waals surface area (Å²) in [7, 11) is 0. The van der Waals surface area contributed by atoms with Crippen molar-refractivity contribution in [3.8, 4) is 0 Å². The number of carboxylic acids is 1. The fourth-order valence-electron chi connectivity index (χ4n) is 1.62. The molecule has 0 saturated heterocycles. The molecule has 20 heavy (non-hydrogen) atoms. The molecule has 7 heteroatoms. The van der Waals surface area contributed by atoms with E-state index in [1.807, 2.05) is 0 Å². The zero-order valence-electron chi connectivity index (χ0n) is 10.2. The van der Waals surface area contributed by atoms with Crippen LogP contribution in [0.2, 0.25) is 5.02 Å². The number of thiophene rings is 1. The molecule has 3 N–H and O–H groups in total. The smallest absolute Gasteiger partial charge is 0.331 e. The first kappa shape index (κ1) is 14.4. The number of rotatable bonds is 4. The van der Waals surface area contributed by atoms with Gasteiger partial charge in [0.1, 0.15) is 0 Å². The van der Waals surface area contributed by atoms with Gasteiger partial charge in [-0.05, 0) is 17.5 Å². The maximum absolute atomic E-state index is 11.8. The van der Waals surface area contributed by atoms with Crippen LogP contribution in [0.15, 0.2) is 41.1 Å². The topological polar surface area (TPSA) is 78.4 Å². The molecular weight excluding hydrogens is 300 g/mol. The Kier molecular flexibility index (Phi) is 4.60. The van der Waals surface area contributed by atoms with E-state index in [1.54, 1.807) is 41.1 Å². The molecule has 0 unspecified atom stereocenters. The van der Waals surface area contributed by atoms with Crippen molar-refractivity contribution in [1.82, 2.24) is 5.32 Å². The summed E-state index contributed by atoms with van der Waals surface area (Å²) >= 11 is 7.38. The highest BCUT2D eigenvalue weighted by Gasteiger charge is 2.24. The molecule has 1 atom stereocenters. The van der Waals surface area contributed by atoms with Crippen molar-refractivity contribution in [3.63, 3.8) is 0 Å². The maximum atomic E-state index is 11.8. The normalized spacial score (nSPS) is 11.7. The SMILES string of the molecule is O=C(Nc1ccsc1)N[C@@H](C(=O)O)c1ccccc1Cl.